The molecule has 0 spiro atoms. The number of alkyl halides is 1. The summed E-state index contributed by atoms with van der Waals surface area (Å²) in [5, 5.41) is 0. The lowest BCUT2D eigenvalue weighted by Crippen LogP contribution is -2.63. The van der Waals surface area contributed by atoms with E-state index in [0.29, 0.717) is 0 Å². The number of halogens is 1. The molecule has 22 heavy (non-hydrogen) atoms. The Morgan fingerprint density at radius 2 is 1.73 bits per heavy atom. The highest BCUT2D eigenvalue weighted by Gasteiger charge is 2.91. The predicted molar refractivity (Wildman–Crippen MR) is 76.2 cm³/mol. The third-order valence-electron chi connectivity index (χ3n) is 5.63. The molecule has 3 rings (SSSR count). The fourth-order valence-corrected chi connectivity index (χ4v) is 5.43. The summed E-state index contributed by atoms with van der Waals surface area (Å²) < 4.78 is 21.6. The molecule has 0 unspecified atom stereocenters. The van der Waals surface area contributed by atoms with Crippen LogP contribution in [0.25, 0.3) is 0 Å². The van der Waals surface area contributed by atoms with Crippen LogP contribution >= 0.6 is 11.6 Å². The first-order chi connectivity index (χ1) is 10.5. The topological polar surface area (TPSA) is 71.1 Å². The van der Waals surface area contributed by atoms with Gasteiger partial charge < -0.3 is 18.9 Å². The van der Waals surface area contributed by atoms with E-state index in [2.05, 4.69) is 0 Å². The third-order valence-corrected chi connectivity index (χ3v) is 6.31. The van der Waals surface area contributed by atoms with Crippen molar-refractivity contribution < 1.29 is 28.5 Å². The predicted octanol–water partition coefficient (Wildman–Crippen LogP) is 1.63. The number of rotatable bonds is 3. The van der Waals surface area contributed by atoms with Crippen molar-refractivity contribution >= 4 is 23.5 Å². The number of carbonyl (C=O) groups is 2. The number of carbonyl (C=O) groups excluding carboxylic acids is 2. The molecule has 0 radical (unpaired) electrons. The molecular weight excluding hydrogens is 312 g/mol. The Balaban J connectivity index is 2.26. The summed E-state index contributed by atoms with van der Waals surface area (Å²) >= 11 is 6.77. The second-order valence-electron chi connectivity index (χ2n) is 6.20. The monoisotopic (exact) mass is 332 g/mol. The SMILES string of the molecule is COC(=O)[C@@]12OC(=O)[C@@](Cl)([C@H]3CCCCC[C@H]31)C2(OC)OC. The molecule has 0 aromatic carbocycles. The van der Waals surface area contributed by atoms with E-state index in [1.807, 2.05) is 0 Å². The van der Waals surface area contributed by atoms with Gasteiger partial charge in [-0.05, 0) is 12.8 Å². The minimum Gasteiger partial charge on any atom is -0.466 e. The normalized spacial score (nSPS) is 42.5. The molecule has 2 saturated carbocycles. The highest BCUT2D eigenvalue weighted by Crippen LogP contribution is 2.68. The average molecular weight is 333 g/mol. The summed E-state index contributed by atoms with van der Waals surface area (Å²) in [6.45, 7) is 0. The minimum atomic E-state index is -1.67. The van der Waals surface area contributed by atoms with Crippen LogP contribution in [0.3, 0.4) is 0 Å². The Morgan fingerprint density at radius 1 is 1.14 bits per heavy atom. The van der Waals surface area contributed by atoms with E-state index in [-0.39, 0.29) is 11.8 Å². The molecule has 2 bridgehead atoms. The van der Waals surface area contributed by atoms with Crippen molar-refractivity contribution in [2.45, 2.75) is 48.4 Å². The molecule has 1 aliphatic heterocycles. The Labute approximate surface area is 134 Å². The summed E-state index contributed by atoms with van der Waals surface area (Å²) in [5.41, 5.74) is -1.64. The van der Waals surface area contributed by atoms with Crippen molar-refractivity contribution in [3.63, 3.8) is 0 Å². The van der Waals surface area contributed by atoms with E-state index in [1.54, 1.807) is 0 Å². The Kier molecular flexibility index (Phi) is 3.70. The van der Waals surface area contributed by atoms with E-state index in [9.17, 15) is 9.59 Å². The number of esters is 2. The summed E-state index contributed by atoms with van der Waals surface area (Å²) in [7, 11) is 4.02. The van der Waals surface area contributed by atoms with Gasteiger partial charge in [-0.2, -0.15) is 0 Å². The van der Waals surface area contributed by atoms with Gasteiger partial charge in [0.1, 0.15) is 0 Å². The first-order valence-electron chi connectivity index (χ1n) is 7.57. The van der Waals surface area contributed by atoms with Crippen molar-refractivity contribution in [1.29, 1.82) is 0 Å². The quantitative estimate of drug-likeness (QED) is 0.444. The molecule has 7 heteroatoms. The largest absolute Gasteiger partial charge is 0.466 e. The maximum absolute atomic E-state index is 12.7. The lowest BCUT2D eigenvalue weighted by Gasteiger charge is -2.39. The number of hydrogen-bond acceptors (Lipinski definition) is 6. The van der Waals surface area contributed by atoms with Gasteiger partial charge in [0.2, 0.25) is 4.87 Å². The maximum atomic E-state index is 12.7. The fourth-order valence-electron chi connectivity index (χ4n) is 4.84. The van der Waals surface area contributed by atoms with Gasteiger partial charge in [0.25, 0.3) is 11.4 Å². The van der Waals surface area contributed by atoms with Gasteiger partial charge in [0.05, 0.1) is 7.11 Å². The smallest absolute Gasteiger partial charge is 0.356 e. The minimum absolute atomic E-state index is 0.239. The summed E-state index contributed by atoms with van der Waals surface area (Å²) in [4.78, 5) is 23.7. The van der Waals surface area contributed by atoms with Crippen molar-refractivity contribution in [1.82, 2.24) is 0 Å². The molecule has 0 N–H and O–H groups in total. The zero-order valence-electron chi connectivity index (χ0n) is 13.0. The van der Waals surface area contributed by atoms with Crippen LogP contribution in [0.4, 0.5) is 0 Å². The highest BCUT2D eigenvalue weighted by atomic mass is 35.5. The standard InChI is InChI=1S/C15H21ClO6/c1-19-12(18)14-10-8-6-4-5-7-9(10)13(16,11(17)22-14)15(14,20-2)21-3/h9-10H,4-8H2,1-3H3/t9-,10+,13-,14-/m0/s1. The Morgan fingerprint density at radius 3 is 2.27 bits per heavy atom. The molecule has 3 aliphatic rings. The molecule has 4 atom stereocenters. The van der Waals surface area contributed by atoms with E-state index >= 15 is 0 Å². The molecule has 0 aromatic heterocycles. The van der Waals surface area contributed by atoms with Crippen LogP contribution in [-0.2, 0) is 28.5 Å². The molecule has 3 fully saturated rings. The van der Waals surface area contributed by atoms with Crippen molar-refractivity contribution in [3.8, 4) is 0 Å². The molecule has 0 aromatic rings. The molecule has 1 heterocycles. The maximum Gasteiger partial charge on any atom is 0.356 e. The van der Waals surface area contributed by atoms with Crippen LogP contribution in [0.1, 0.15) is 32.1 Å². The van der Waals surface area contributed by atoms with E-state index in [1.165, 1.54) is 21.3 Å². The highest BCUT2D eigenvalue weighted by molar-refractivity contribution is 6.37. The summed E-state index contributed by atoms with van der Waals surface area (Å²) in [5.74, 6) is -3.50. The number of hydrogen-bond donors (Lipinski definition) is 0. The van der Waals surface area contributed by atoms with E-state index < -0.39 is 28.2 Å². The third kappa shape index (κ3) is 1.44. The summed E-state index contributed by atoms with van der Waals surface area (Å²) in [6.07, 6.45) is 4.38. The van der Waals surface area contributed by atoms with Gasteiger partial charge in [-0.3, -0.25) is 0 Å². The van der Waals surface area contributed by atoms with E-state index in [0.717, 1.165) is 32.1 Å². The number of methoxy groups -OCH3 is 3. The number of ether oxygens (including phenoxy) is 4. The van der Waals surface area contributed by atoms with Crippen LogP contribution in [0.2, 0.25) is 0 Å². The molecule has 1 saturated heterocycles. The van der Waals surface area contributed by atoms with Gasteiger partial charge in [-0.15, -0.1) is 11.6 Å². The van der Waals surface area contributed by atoms with Gasteiger partial charge in [0, 0.05) is 26.1 Å². The molecular formula is C15H21ClO6. The lowest BCUT2D eigenvalue weighted by atomic mass is 9.79. The van der Waals surface area contributed by atoms with Crippen molar-refractivity contribution in [2.24, 2.45) is 11.8 Å². The Hall–Kier alpha value is -0.850. The fraction of sp³-hybridized carbons (Fsp3) is 0.867. The molecule has 2 aliphatic carbocycles. The molecule has 6 nitrogen and oxygen atoms in total. The van der Waals surface area contributed by atoms with Crippen LogP contribution in [0.5, 0.6) is 0 Å². The van der Waals surface area contributed by atoms with Crippen LogP contribution in [0.15, 0.2) is 0 Å². The first-order valence-corrected chi connectivity index (χ1v) is 7.95. The van der Waals surface area contributed by atoms with Gasteiger partial charge in [0.15, 0.2) is 0 Å². The van der Waals surface area contributed by atoms with Gasteiger partial charge in [-0.1, -0.05) is 19.3 Å². The van der Waals surface area contributed by atoms with Crippen LogP contribution < -0.4 is 0 Å². The van der Waals surface area contributed by atoms with Crippen LogP contribution in [0, 0.1) is 11.8 Å². The van der Waals surface area contributed by atoms with Crippen LogP contribution in [-0.4, -0.2) is 49.5 Å². The second kappa shape index (κ2) is 5.08. The van der Waals surface area contributed by atoms with Gasteiger partial charge in [-0.25, -0.2) is 9.59 Å². The summed E-state index contributed by atoms with van der Waals surface area (Å²) in [6, 6.07) is 0. The second-order valence-corrected chi connectivity index (χ2v) is 6.80. The first kappa shape index (κ1) is 16.0. The zero-order chi connectivity index (χ0) is 16.2. The average Bonchev–Trinajstić information content (AvgIpc) is 2.74. The number of fused-ring (bicyclic) bond motifs is 5. The Bertz CT molecular complexity index is 504. The molecule has 0 amide bonds. The zero-order valence-corrected chi connectivity index (χ0v) is 13.8. The van der Waals surface area contributed by atoms with Crippen molar-refractivity contribution in [3.05, 3.63) is 0 Å². The lowest BCUT2D eigenvalue weighted by molar-refractivity contribution is -0.274. The van der Waals surface area contributed by atoms with Gasteiger partial charge >= 0.3 is 11.9 Å². The van der Waals surface area contributed by atoms with Crippen molar-refractivity contribution in [2.75, 3.05) is 21.3 Å². The van der Waals surface area contributed by atoms with E-state index in [4.69, 9.17) is 30.5 Å². The molecule has 124 valence electrons.